The zero-order chi connectivity index (χ0) is 7.84. The van der Waals surface area contributed by atoms with Gasteiger partial charge in [0.05, 0.1) is 12.2 Å². The number of epoxide rings is 1. The Morgan fingerprint density at radius 1 is 1.45 bits per heavy atom. The highest BCUT2D eigenvalue weighted by Gasteiger charge is 2.44. The Labute approximate surface area is 69.9 Å². The van der Waals surface area contributed by atoms with Gasteiger partial charge in [0.25, 0.3) is 0 Å². The van der Waals surface area contributed by atoms with E-state index in [9.17, 15) is 0 Å². The summed E-state index contributed by atoms with van der Waals surface area (Å²) < 4.78 is 5.42. The maximum absolute atomic E-state index is 8.97. The van der Waals surface area contributed by atoms with Gasteiger partial charge in [-0.15, -0.1) is 0 Å². The molecule has 2 nitrogen and oxygen atoms in total. The molecule has 0 aromatic carbocycles. The first-order valence-corrected chi connectivity index (χ1v) is 5.39. The van der Waals surface area contributed by atoms with Crippen molar-refractivity contribution in [2.75, 3.05) is 0 Å². The fourth-order valence-electron chi connectivity index (χ4n) is 1.99. The molecule has 2 fully saturated rings. The minimum atomic E-state index is 0.115. The van der Waals surface area contributed by atoms with Gasteiger partial charge in [-0.3, -0.25) is 0 Å². The quantitative estimate of drug-likeness (QED) is 0.495. The van der Waals surface area contributed by atoms with E-state index in [2.05, 4.69) is 6.92 Å². The molecule has 1 N–H and O–H groups in total. The van der Waals surface area contributed by atoms with E-state index in [0.29, 0.717) is 17.7 Å². The summed E-state index contributed by atoms with van der Waals surface area (Å²) in [6.07, 6.45) is 4.84. The van der Waals surface area contributed by atoms with Crippen molar-refractivity contribution in [3.63, 3.8) is 0 Å². The molecule has 1 aliphatic carbocycles. The lowest BCUT2D eigenvalue weighted by molar-refractivity contribution is 0.351. The molecule has 2 aliphatic rings. The van der Waals surface area contributed by atoms with E-state index in [4.69, 9.17) is 9.53 Å². The highest BCUT2D eigenvalue weighted by molar-refractivity contribution is 6.27. The van der Waals surface area contributed by atoms with Crippen LogP contribution in [0.2, 0.25) is 5.54 Å². The van der Waals surface area contributed by atoms with Gasteiger partial charge in [0.2, 0.25) is 9.76 Å². The van der Waals surface area contributed by atoms with Crippen LogP contribution in [0.1, 0.15) is 26.2 Å². The Morgan fingerprint density at radius 3 is 2.91 bits per heavy atom. The van der Waals surface area contributed by atoms with Gasteiger partial charge in [-0.25, -0.2) is 0 Å². The van der Waals surface area contributed by atoms with Gasteiger partial charge >= 0.3 is 0 Å². The molecule has 1 aliphatic heterocycles. The van der Waals surface area contributed by atoms with Crippen LogP contribution in [0, 0.1) is 5.92 Å². The molecule has 3 heteroatoms. The van der Waals surface area contributed by atoms with E-state index >= 15 is 0 Å². The summed E-state index contributed by atoms with van der Waals surface area (Å²) in [5.74, 6) is 0.724. The average molecular weight is 170 g/mol. The lowest BCUT2D eigenvalue weighted by Gasteiger charge is -2.22. The molecular weight excluding hydrogens is 156 g/mol. The highest BCUT2D eigenvalue weighted by atomic mass is 28.2. The van der Waals surface area contributed by atoms with Crippen molar-refractivity contribution in [1.29, 1.82) is 0 Å². The molecule has 2 radical (unpaired) electrons. The van der Waals surface area contributed by atoms with Crippen molar-refractivity contribution in [3.8, 4) is 0 Å². The molecule has 1 heterocycles. The molecule has 4 atom stereocenters. The fraction of sp³-hybridized carbons (Fsp3) is 1.00. The Morgan fingerprint density at radius 2 is 2.27 bits per heavy atom. The molecule has 62 valence electrons. The largest absolute Gasteiger partial charge is 0.431 e. The number of rotatable bonds is 2. The van der Waals surface area contributed by atoms with Crippen molar-refractivity contribution in [2.45, 2.75) is 43.9 Å². The SMILES string of the molecule is CC([Si]O)C1CCC2OC2C1. The third-order valence-corrected chi connectivity index (χ3v) is 3.83. The molecule has 0 spiro atoms. The summed E-state index contributed by atoms with van der Waals surface area (Å²) in [5.41, 5.74) is 0.500. The summed E-state index contributed by atoms with van der Waals surface area (Å²) in [5, 5.41) is 0. The molecule has 4 unspecified atom stereocenters. The van der Waals surface area contributed by atoms with Crippen LogP contribution in [0.25, 0.3) is 0 Å². The Kier molecular flexibility index (Phi) is 2.04. The molecule has 0 bridgehead atoms. The maximum Gasteiger partial charge on any atom is 0.227 e. The van der Waals surface area contributed by atoms with Crippen LogP contribution in [-0.4, -0.2) is 26.8 Å². The average Bonchev–Trinajstić information content (AvgIpc) is 2.80. The maximum atomic E-state index is 8.97. The first kappa shape index (κ1) is 7.77. The normalized spacial score (nSPS) is 44.7. The van der Waals surface area contributed by atoms with Gasteiger partial charge in [-0.1, -0.05) is 6.92 Å². The van der Waals surface area contributed by atoms with E-state index in [1.165, 1.54) is 19.3 Å². The zero-order valence-corrected chi connectivity index (χ0v) is 7.79. The number of hydrogen-bond donors (Lipinski definition) is 1. The Bertz CT molecular complexity index is 151. The lowest BCUT2D eigenvalue weighted by Crippen LogP contribution is -2.19. The van der Waals surface area contributed by atoms with E-state index in [0.717, 1.165) is 5.92 Å². The van der Waals surface area contributed by atoms with E-state index in [1.807, 2.05) is 0 Å². The van der Waals surface area contributed by atoms with Crippen LogP contribution in [0.4, 0.5) is 0 Å². The molecule has 0 aromatic heterocycles. The number of ether oxygens (including phenoxy) is 1. The second-order valence-electron chi connectivity index (χ2n) is 3.70. The highest BCUT2D eigenvalue weighted by Crippen LogP contribution is 2.43. The van der Waals surface area contributed by atoms with Gasteiger partial charge in [0.1, 0.15) is 0 Å². The third-order valence-electron chi connectivity index (χ3n) is 2.96. The van der Waals surface area contributed by atoms with E-state index < -0.39 is 0 Å². The van der Waals surface area contributed by atoms with Gasteiger partial charge in [0, 0.05) is 0 Å². The van der Waals surface area contributed by atoms with Crippen molar-refractivity contribution >= 4 is 9.76 Å². The van der Waals surface area contributed by atoms with Crippen molar-refractivity contribution in [1.82, 2.24) is 0 Å². The predicted molar refractivity (Wildman–Crippen MR) is 43.4 cm³/mol. The monoisotopic (exact) mass is 170 g/mol. The summed E-state index contributed by atoms with van der Waals surface area (Å²) >= 11 is 0. The zero-order valence-electron chi connectivity index (χ0n) is 6.79. The van der Waals surface area contributed by atoms with Crippen LogP contribution < -0.4 is 0 Å². The van der Waals surface area contributed by atoms with Gasteiger partial charge in [-0.05, 0) is 30.7 Å². The summed E-state index contributed by atoms with van der Waals surface area (Å²) in [6, 6.07) is 0. The van der Waals surface area contributed by atoms with Crippen LogP contribution >= 0.6 is 0 Å². The Balaban J connectivity index is 1.84. The first-order valence-electron chi connectivity index (χ1n) is 4.36. The molecule has 2 rings (SSSR count). The molecule has 1 saturated carbocycles. The predicted octanol–water partition coefficient (Wildman–Crippen LogP) is 0.974. The lowest BCUT2D eigenvalue weighted by atomic mass is 9.87. The molecule has 0 aromatic rings. The molecule has 11 heavy (non-hydrogen) atoms. The van der Waals surface area contributed by atoms with Crippen molar-refractivity contribution < 1.29 is 9.53 Å². The fourth-order valence-corrected chi connectivity index (χ4v) is 2.51. The minimum Gasteiger partial charge on any atom is -0.431 e. The second-order valence-corrected chi connectivity index (χ2v) is 4.87. The first-order chi connectivity index (χ1) is 5.31. The van der Waals surface area contributed by atoms with Crippen LogP contribution in [-0.2, 0) is 4.74 Å². The molecule has 0 amide bonds. The smallest absolute Gasteiger partial charge is 0.227 e. The van der Waals surface area contributed by atoms with E-state index in [-0.39, 0.29) is 9.76 Å². The van der Waals surface area contributed by atoms with Gasteiger partial charge in [-0.2, -0.15) is 0 Å². The standard InChI is InChI=1S/C8H14O2Si/c1-5(11-9)6-2-3-7-8(4-6)10-7/h5-9H,2-4H2,1H3. The summed E-state index contributed by atoms with van der Waals surface area (Å²) in [7, 11) is 0.115. The van der Waals surface area contributed by atoms with Crippen LogP contribution in [0.15, 0.2) is 0 Å². The number of hydrogen-bond acceptors (Lipinski definition) is 2. The Hall–Kier alpha value is 0.137. The second kappa shape index (κ2) is 2.88. The van der Waals surface area contributed by atoms with Gasteiger partial charge in [0.15, 0.2) is 0 Å². The van der Waals surface area contributed by atoms with Crippen LogP contribution in [0.3, 0.4) is 0 Å². The van der Waals surface area contributed by atoms with Crippen molar-refractivity contribution in [3.05, 3.63) is 0 Å². The molecule has 1 saturated heterocycles. The van der Waals surface area contributed by atoms with E-state index in [1.54, 1.807) is 0 Å². The topological polar surface area (TPSA) is 32.8 Å². The summed E-state index contributed by atoms with van der Waals surface area (Å²) in [4.78, 5) is 8.97. The number of fused-ring (bicyclic) bond motifs is 1. The molecular formula is C8H14O2Si. The summed E-state index contributed by atoms with van der Waals surface area (Å²) in [6.45, 7) is 2.14. The van der Waals surface area contributed by atoms with Crippen molar-refractivity contribution in [2.24, 2.45) is 5.92 Å². The minimum absolute atomic E-state index is 0.115. The van der Waals surface area contributed by atoms with Crippen LogP contribution in [0.5, 0.6) is 0 Å². The third kappa shape index (κ3) is 1.50. The van der Waals surface area contributed by atoms with Gasteiger partial charge < -0.3 is 9.53 Å².